The lowest BCUT2D eigenvalue weighted by Gasteiger charge is -2.19. The van der Waals surface area contributed by atoms with Crippen LogP contribution in [0.5, 0.6) is 11.5 Å². The fourth-order valence-corrected chi connectivity index (χ4v) is 5.59. The highest BCUT2D eigenvalue weighted by molar-refractivity contribution is 9.11. The van der Waals surface area contributed by atoms with Gasteiger partial charge >= 0.3 is 5.97 Å². The van der Waals surface area contributed by atoms with Crippen molar-refractivity contribution in [2.75, 3.05) is 25.7 Å². The summed E-state index contributed by atoms with van der Waals surface area (Å²) >= 11 is 12.8. The molecule has 4 rings (SSSR count). The van der Waals surface area contributed by atoms with Crippen LogP contribution in [0.1, 0.15) is 16.7 Å². The summed E-state index contributed by atoms with van der Waals surface area (Å²) in [6.07, 6.45) is 1.68. The van der Waals surface area contributed by atoms with Crippen LogP contribution in [0.3, 0.4) is 0 Å². The van der Waals surface area contributed by atoms with E-state index in [9.17, 15) is 9.59 Å². The van der Waals surface area contributed by atoms with Crippen molar-refractivity contribution in [3.8, 4) is 11.5 Å². The van der Waals surface area contributed by atoms with Crippen molar-refractivity contribution in [1.29, 1.82) is 0 Å². The first-order valence-corrected chi connectivity index (χ1v) is 13.5. The third-order valence-electron chi connectivity index (χ3n) is 5.81. The van der Waals surface area contributed by atoms with Gasteiger partial charge in [-0.3, -0.25) is 14.5 Å². The minimum absolute atomic E-state index is 0.174. The largest absolute Gasteiger partial charge is 0.497 e. The number of amides is 1. The number of thiocarbonyl (C=S) groups is 1. The van der Waals surface area contributed by atoms with Crippen molar-refractivity contribution in [3.05, 3.63) is 92.0 Å². The van der Waals surface area contributed by atoms with E-state index in [-0.39, 0.29) is 23.3 Å². The molecule has 1 aliphatic rings. The summed E-state index contributed by atoms with van der Waals surface area (Å²) in [4.78, 5) is 28.6. The summed E-state index contributed by atoms with van der Waals surface area (Å²) in [5.41, 5.74) is 3.72. The molecule has 0 spiro atoms. The van der Waals surface area contributed by atoms with E-state index < -0.39 is 5.97 Å². The van der Waals surface area contributed by atoms with Gasteiger partial charge in [0.2, 0.25) is 0 Å². The van der Waals surface area contributed by atoms with Crippen molar-refractivity contribution >= 4 is 72.8 Å². The zero-order valence-electron chi connectivity index (χ0n) is 20.9. The van der Waals surface area contributed by atoms with Gasteiger partial charge < -0.3 is 19.1 Å². The molecule has 1 amide bonds. The van der Waals surface area contributed by atoms with Gasteiger partial charge in [-0.15, -0.1) is 0 Å². The van der Waals surface area contributed by atoms with E-state index in [1.807, 2.05) is 43.3 Å². The molecule has 3 aromatic rings. The summed E-state index contributed by atoms with van der Waals surface area (Å²) in [6, 6.07) is 18.7. The van der Waals surface area contributed by atoms with E-state index in [1.165, 1.54) is 22.5 Å². The number of hydrogen-bond acceptors (Lipinski definition) is 6. The summed E-state index contributed by atoms with van der Waals surface area (Å²) < 4.78 is 17.5. The Labute approximate surface area is 243 Å². The van der Waals surface area contributed by atoms with Crippen LogP contribution in [0.15, 0.2) is 75.3 Å². The quantitative estimate of drug-likeness (QED) is 0.161. The lowest BCUT2D eigenvalue weighted by molar-refractivity contribution is -0.140. The molecule has 1 fully saturated rings. The average Bonchev–Trinajstić information content (AvgIpc) is 3.13. The molecule has 0 unspecified atom stereocenters. The predicted molar refractivity (Wildman–Crippen MR) is 157 cm³/mol. The number of carbonyl (C=O) groups excluding carboxylic acids is 2. The smallest absolute Gasteiger partial charge is 0.325 e. The number of methoxy groups -OCH3 is 2. The van der Waals surface area contributed by atoms with Gasteiger partial charge in [-0.25, -0.2) is 0 Å². The number of aryl methyl sites for hydroxylation is 1. The molecule has 0 N–H and O–H groups in total. The Balaban J connectivity index is 1.65. The van der Waals surface area contributed by atoms with Crippen LogP contribution in [0.25, 0.3) is 6.08 Å². The summed E-state index contributed by atoms with van der Waals surface area (Å²) in [5.74, 6) is 0.390. The Morgan fingerprint density at radius 2 is 1.63 bits per heavy atom. The third kappa shape index (κ3) is 6.09. The summed E-state index contributed by atoms with van der Waals surface area (Å²) in [7, 11) is 2.85. The van der Waals surface area contributed by atoms with Crippen LogP contribution in [0.4, 0.5) is 5.69 Å². The van der Waals surface area contributed by atoms with E-state index in [4.69, 9.17) is 26.4 Å². The molecule has 0 atom stereocenters. The maximum absolute atomic E-state index is 13.6. The molecule has 1 heterocycles. The zero-order chi connectivity index (χ0) is 27.4. The number of nitrogens with zero attached hydrogens (tertiary/aromatic N) is 2. The van der Waals surface area contributed by atoms with E-state index >= 15 is 0 Å². The van der Waals surface area contributed by atoms with Crippen molar-refractivity contribution < 1.29 is 23.8 Å². The van der Waals surface area contributed by atoms with Gasteiger partial charge in [0, 0.05) is 0 Å². The van der Waals surface area contributed by atoms with Gasteiger partial charge in [-0.2, -0.15) is 0 Å². The maximum Gasteiger partial charge on any atom is 0.325 e. The second kappa shape index (κ2) is 12.1. The molecule has 0 radical (unpaired) electrons. The van der Waals surface area contributed by atoms with Gasteiger partial charge in [-0.05, 0) is 105 Å². The number of hydrogen-bond donors (Lipinski definition) is 0. The second-order valence-corrected chi connectivity index (χ2v) is 10.5. The molecule has 38 heavy (non-hydrogen) atoms. The SMILES string of the molecule is COC(=O)CN1C(=S)N(c2ccc(OC)cc2)C(=O)/C1=C/c1cc(Br)c(OCc2ccc(C)cc2)c(Br)c1. The van der Waals surface area contributed by atoms with E-state index in [0.29, 0.717) is 38.3 Å². The Morgan fingerprint density at radius 3 is 2.21 bits per heavy atom. The molecule has 196 valence electrons. The average molecular weight is 660 g/mol. The number of halogens is 2. The molecule has 0 saturated carbocycles. The Hall–Kier alpha value is -3.21. The van der Waals surface area contributed by atoms with Crippen LogP contribution in [0, 0.1) is 6.92 Å². The van der Waals surface area contributed by atoms with Crippen LogP contribution in [-0.2, 0) is 20.9 Å². The molecule has 1 saturated heterocycles. The summed E-state index contributed by atoms with van der Waals surface area (Å²) in [6.45, 7) is 2.23. The number of ether oxygens (including phenoxy) is 3. The number of esters is 1. The molecular weight excluding hydrogens is 636 g/mol. The number of carbonyl (C=O) groups is 2. The Kier molecular flexibility index (Phi) is 8.86. The maximum atomic E-state index is 13.6. The van der Waals surface area contributed by atoms with Gasteiger partial charge in [-0.1, -0.05) is 29.8 Å². The zero-order valence-corrected chi connectivity index (χ0v) is 24.9. The molecular formula is C28H24Br2N2O5S. The molecule has 0 aliphatic carbocycles. The summed E-state index contributed by atoms with van der Waals surface area (Å²) in [5, 5.41) is 0.174. The highest BCUT2D eigenvalue weighted by Gasteiger charge is 2.40. The standard InChI is InChI=1S/C28H24Br2N2O5S/c1-17-4-6-18(7-5-17)16-37-26-22(29)12-19(13-23(26)30)14-24-27(34)32(20-8-10-21(35-2)11-9-20)28(38)31(24)15-25(33)36-3/h4-14H,15-16H2,1-3H3/b24-14-. The van der Waals surface area contributed by atoms with E-state index in [1.54, 1.807) is 37.5 Å². The van der Waals surface area contributed by atoms with E-state index in [0.717, 1.165) is 5.56 Å². The van der Waals surface area contributed by atoms with Crippen LogP contribution in [-0.4, -0.2) is 42.7 Å². The third-order valence-corrected chi connectivity index (χ3v) is 7.39. The molecule has 1 aliphatic heterocycles. The highest BCUT2D eigenvalue weighted by atomic mass is 79.9. The Morgan fingerprint density at radius 1 is 1.00 bits per heavy atom. The number of benzene rings is 3. The van der Waals surface area contributed by atoms with Crippen molar-refractivity contribution in [3.63, 3.8) is 0 Å². The monoisotopic (exact) mass is 658 g/mol. The fourth-order valence-electron chi connectivity index (χ4n) is 3.78. The number of anilines is 1. The lowest BCUT2D eigenvalue weighted by atomic mass is 10.1. The van der Waals surface area contributed by atoms with Crippen LogP contribution < -0.4 is 14.4 Å². The first-order valence-electron chi connectivity index (χ1n) is 11.5. The van der Waals surface area contributed by atoms with Gasteiger partial charge in [0.05, 0.1) is 28.9 Å². The molecule has 7 nitrogen and oxygen atoms in total. The first kappa shape index (κ1) is 27.8. The van der Waals surface area contributed by atoms with Gasteiger partial charge in [0.1, 0.15) is 30.3 Å². The molecule has 0 bridgehead atoms. The van der Waals surface area contributed by atoms with Crippen molar-refractivity contribution in [1.82, 2.24) is 4.90 Å². The van der Waals surface area contributed by atoms with Gasteiger partial charge in [0.25, 0.3) is 5.91 Å². The van der Waals surface area contributed by atoms with Crippen LogP contribution >= 0.6 is 44.1 Å². The van der Waals surface area contributed by atoms with Crippen LogP contribution in [0.2, 0.25) is 0 Å². The fraction of sp³-hybridized carbons (Fsp3) is 0.179. The molecule has 0 aromatic heterocycles. The normalized spacial score (nSPS) is 14.3. The first-order chi connectivity index (χ1) is 18.2. The molecule has 10 heteroatoms. The van der Waals surface area contributed by atoms with Crippen molar-refractivity contribution in [2.45, 2.75) is 13.5 Å². The Bertz CT molecular complexity index is 1380. The second-order valence-electron chi connectivity index (χ2n) is 8.40. The van der Waals surface area contributed by atoms with Gasteiger partial charge in [0.15, 0.2) is 5.11 Å². The van der Waals surface area contributed by atoms with Crippen molar-refractivity contribution in [2.24, 2.45) is 0 Å². The highest BCUT2D eigenvalue weighted by Crippen LogP contribution is 2.37. The number of rotatable bonds is 8. The van der Waals surface area contributed by atoms with E-state index in [2.05, 4.69) is 31.9 Å². The minimum Gasteiger partial charge on any atom is -0.497 e. The molecule has 3 aromatic carbocycles. The lowest BCUT2D eigenvalue weighted by Crippen LogP contribution is -2.35. The predicted octanol–water partition coefficient (Wildman–Crippen LogP) is 6.26. The minimum atomic E-state index is -0.523. The topological polar surface area (TPSA) is 68.3 Å².